The molecule has 0 aromatic rings. The van der Waals surface area contributed by atoms with Crippen molar-refractivity contribution in [2.75, 3.05) is 0 Å². The molecule has 0 atom stereocenters. The number of hydrogen-bond acceptors (Lipinski definition) is 2. The van der Waals surface area contributed by atoms with Crippen LogP contribution in [0, 0.1) is 11.8 Å². The molecule has 1 rings (SSSR count). The van der Waals surface area contributed by atoms with Gasteiger partial charge in [0.15, 0.2) is 0 Å². The first-order valence-corrected chi connectivity index (χ1v) is 4.82. The molecule has 0 bridgehead atoms. The van der Waals surface area contributed by atoms with Crippen LogP contribution < -0.4 is 0 Å². The molecule has 74 valence electrons. The Balaban J connectivity index is 2.30. The molecule has 1 N–H and O–H groups in total. The third kappa shape index (κ3) is 3.17. The maximum Gasteiger partial charge on any atom is 0.303 e. The SMILES string of the molecule is CC(=O)C1CCC(CC(=O)O)CC1. The summed E-state index contributed by atoms with van der Waals surface area (Å²) in [4.78, 5) is 21.4. The minimum absolute atomic E-state index is 0.199. The second kappa shape index (κ2) is 4.40. The largest absolute Gasteiger partial charge is 0.481 e. The molecule has 0 aliphatic heterocycles. The zero-order valence-electron chi connectivity index (χ0n) is 7.95. The number of hydrogen-bond donors (Lipinski definition) is 1. The number of ketones is 1. The number of carboxylic acids is 1. The maximum absolute atomic E-state index is 11.0. The van der Waals surface area contributed by atoms with Crippen LogP contribution in [-0.4, -0.2) is 16.9 Å². The van der Waals surface area contributed by atoms with Crippen molar-refractivity contribution >= 4 is 11.8 Å². The van der Waals surface area contributed by atoms with E-state index in [1.807, 2.05) is 0 Å². The Bertz CT molecular complexity index is 202. The summed E-state index contributed by atoms with van der Waals surface area (Å²) in [5.74, 6) is 0.0400. The molecule has 0 unspecified atom stereocenters. The van der Waals surface area contributed by atoms with E-state index in [-0.39, 0.29) is 18.1 Å². The van der Waals surface area contributed by atoms with E-state index in [4.69, 9.17) is 5.11 Å². The van der Waals surface area contributed by atoms with E-state index in [1.165, 1.54) is 0 Å². The maximum atomic E-state index is 11.0. The summed E-state index contributed by atoms with van der Waals surface area (Å²) >= 11 is 0. The molecular formula is C10H16O3. The van der Waals surface area contributed by atoms with Gasteiger partial charge in [0.25, 0.3) is 0 Å². The van der Waals surface area contributed by atoms with E-state index in [0.29, 0.717) is 5.92 Å². The normalized spacial score (nSPS) is 28.4. The first-order chi connectivity index (χ1) is 6.09. The third-order valence-electron chi connectivity index (χ3n) is 2.88. The van der Waals surface area contributed by atoms with Crippen molar-refractivity contribution in [2.24, 2.45) is 11.8 Å². The van der Waals surface area contributed by atoms with Crippen LogP contribution in [0.2, 0.25) is 0 Å². The van der Waals surface area contributed by atoms with E-state index in [2.05, 4.69) is 0 Å². The van der Waals surface area contributed by atoms with Crippen molar-refractivity contribution in [2.45, 2.75) is 39.0 Å². The van der Waals surface area contributed by atoms with Gasteiger partial charge in [-0.15, -0.1) is 0 Å². The average molecular weight is 184 g/mol. The highest BCUT2D eigenvalue weighted by Gasteiger charge is 2.24. The summed E-state index contributed by atoms with van der Waals surface area (Å²) in [6, 6.07) is 0. The first kappa shape index (κ1) is 10.2. The molecule has 1 aliphatic carbocycles. The quantitative estimate of drug-likeness (QED) is 0.728. The highest BCUT2D eigenvalue weighted by molar-refractivity contribution is 5.78. The van der Waals surface area contributed by atoms with Crippen LogP contribution in [0.1, 0.15) is 39.0 Å². The lowest BCUT2D eigenvalue weighted by molar-refractivity contribution is -0.138. The van der Waals surface area contributed by atoms with Gasteiger partial charge in [-0.25, -0.2) is 0 Å². The smallest absolute Gasteiger partial charge is 0.303 e. The summed E-state index contributed by atoms with van der Waals surface area (Å²) in [5.41, 5.74) is 0. The van der Waals surface area contributed by atoms with E-state index >= 15 is 0 Å². The summed E-state index contributed by atoms with van der Waals surface area (Å²) < 4.78 is 0. The molecular weight excluding hydrogens is 168 g/mol. The summed E-state index contributed by atoms with van der Waals surface area (Å²) in [6.45, 7) is 1.63. The fourth-order valence-corrected chi connectivity index (χ4v) is 2.02. The Hall–Kier alpha value is -0.860. The predicted octanol–water partition coefficient (Wildman–Crippen LogP) is 1.86. The molecule has 0 spiro atoms. The zero-order valence-corrected chi connectivity index (χ0v) is 7.95. The molecule has 0 heterocycles. The second-order valence-electron chi connectivity index (χ2n) is 3.93. The number of Topliss-reactive ketones (excluding diaryl/α,β-unsaturated/α-hetero) is 1. The van der Waals surface area contributed by atoms with Crippen LogP contribution in [0.3, 0.4) is 0 Å². The first-order valence-electron chi connectivity index (χ1n) is 4.82. The van der Waals surface area contributed by atoms with Crippen LogP contribution in [0.5, 0.6) is 0 Å². The van der Waals surface area contributed by atoms with E-state index in [9.17, 15) is 9.59 Å². The van der Waals surface area contributed by atoms with Crippen molar-refractivity contribution < 1.29 is 14.7 Å². The lowest BCUT2D eigenvalue weighted by atomic mass is 9.79. The summed E-state index contributed by atoms with van der Waals surface area (Å²) in [6.07, 6.45) is 3.83. The lowest BCUT2D eigenvalue weighted by Gasteiger charge is -2.25. The van der Waals surface area contributed by atoms with Gasteiger partial charge in [0.1, 0.15) is 5.78 Å². The number of aliphatic carboxylic acids is 1. The summed E-state index contributed by atoms with van der Waals surface area (Å²) in [5, 5.41) is 8.57. The van der Waals surface area contributed by atoms with Crippen LogP contribution >= 0.6 is 0 Å². The fourth-order valence-electron chi connectivity index (χ4n) is 2.02. The Morgan fingerprint density at radius 2 is 1.77 bits per heavy atom. The molecule has 0 amide bonds. The van der Waals surface area contributed by atoms with Gasteiger partial charge in [0, 0.05) is 12.3 Å². The van der Waals surface area contributed by atoms with Gasteiger partial charge in [-0.3, -0.25) is 9.59 Å². The van der Waals surface area contributed by atoms with Crippen LogP contribution in [0.25, 0.3) is 0 Å². The van der Waals surface area contributed by atoms with Gasteiger partial charge in [0.2, 0.25) is 0 Å². The minimum atomic E-state index is -0.716. The topological polar surface area (TPSA) is 54.4 Å². The molecule has 1 fully saturated rings. The third-order valence-corrected chi connectivity index (χ3v) is 2.88. The van der Waals surface area contributed by atoms with Gasteiger partial charge < -0.3 is 5.11 Å². The summed E-state index contributed by atoms with van der Waals surface area (Å²) in [7, 11) is 0. The van der Waals surface area contributed by atoms with Crippen LogP contribution in [-0.2, 0) is 9.59 Å². The molecule has 0 aromatic carbocycles. The Labute approximate surface area is 78.1 Å². The number of carboxylic acid groups (broad SMARTS) is 1. The highest BCUT2D eigenvalue weighted by atomic mass is 16.4. The highest BCUT2D eigenvalue weighted by Crippen LogP contribution is 2.31. The van der Waals surface area contributed by atoms with Gasteiger partial charge in [-0.1, -0.05) is 0 Å². The minimum Gasteiger partial charge on any atom is -0.481 e. The van der Waals surface area contributed by atoms with Crippen molar-refractivity contribution in [3.63, 3.8) is 0 Å². The van der Waals surface area contributed by atoms with Crippen molar-refractivity contribution in [1.82, 2.24) is 0 Å². The molecule has 0 aromatic heterocycles. The number of rotatable bonds is 3. The molecule has 1 aliphatic rings. The van der Waals surface area contributed by atoms with Gasteiger partial charge >= 0.3 is 5.97 Å². The van der Waals surface area contributed by atoms with Gasteiger partial charge in [0.05, 0.1) is 0 Å². The molecule has 3 heteroatoms. The standard InChI is InChI=1S/C10H16O3/c1-7(11)9-4-2-8(3-5-9)6-10(12)13/h8-9H,2-6H2,1H3,(H,12,13). The van der Waals surface area contributed by atoms with E-state index in [1.54, 1.807) is 6.92 Å². The monoisotopic (exact) mass is 184 g/mol. The molecule has 0 saturated heterocycles. The molecule has 3 nitrogen and oxygen atoms in total. The molecule has 0 radical (unpaired) electrons. The fraction of sp³-hybridized carbons (Fsp3) is 0.800. The molecule has 1 saturated carbocycles. The average Bonchev–Trinajstić information content (AvgIpc) is 2.04. The van der Waals surface area contributed by atoms with Crippen molar-refractivity contribution in [1.29, 1.82) is 0 Å². The van der Waals surface area contributed by atoms with E-state index in [0.717, 1.165) is 25.7 Å². The van der Waals surface area contributed by atoms with Gasteiger partial charge in [-0.05, 0) is 38.5 Å². The van der Waals surface area contributed by atoms with Gasteiger partial charge in [-0.2, -0.15) is 0 Å². The Kier molecular flexibility index (Phi) is 3.46. The number of carbonyl (C=O) groups excluding carboxylic acids is 1. The Morgan fingerprint density at radius 3 is 2.15 bits per heavy atom. The lowest BCUT2D eigenvalue weighted by Crippen LogP contribution is -2.21. The van der Waals surface area contributed by atoms with Crippen LogP contribution in [0.4, 0.5) is 0 Å². The zero-order chi connectivity index (χ0) is 9.84. The van der Waals surface area contributed by atoms with Crippen molar-refractivity contribution in [3.05, 3.63) is 0 Å². The van der Waals surface area contributed by atoms with E-state index < -0.39 is 5.97 Å². The number of carbonyl (C=O) groups is 2. The van der Waals surface area contributed by atoms with Crippen LogP contribution in [0.15, 0.2) is 0 Å². The van der Waals surface area contributed by atoms with Crippen molar-refractivity contribution in [3.8, 4) is 0 Å². The second-order valence-corrected chi connectivity index (χ2v) is 3.93. The molecule has 13 heavy (non-hydrogen) atoms. The predicted molar refractivity (Wildman–Crippen MR) is 48.4 cm³/mol. The Morgan fingerprint density at radius 1 is 1.23 bits per heavy atom.